The number of nitrogens with zero attached hydrogens (tertiary/aromatic N) is 2. The Morgan fingerprint density at radius 3 is 2.63 bits per heavy atom. The van der Waals surface area contributed by atoms with Crippen molar-refractivity contribution in [2.45, 2.75) is 57.3 Å². The number of likely N-dealkylation sites (tertiary alicyclic amines) is 1. The van der Waals surface area contributed by atoms with Gasteiger partial charge >= 0.3 is 5.69 Å². The summed E-state index contributed by atoms with van der Waals surface area (Å²) in [5, 5.41) is 13.5. The molecule has 0 saturated carbocycles. The van der Waals surface area contributed by atoms with Crippen molar-refractivity contribution in [2.24, 2.45) is 0 Å². The van der Waals surface area contributed by atoms with E-state index in [9.17, 15) is 19.5 Å². The third-order valence-corrected chi connectivity index (χ3v) is 5.42. The number of amides is 2. The smallest absolute Gasteiger partial charge is 0.345 e. The number of aromatic nitrogens is 2. The molecule has 0 bridgehead atoms. The summed E-state index contributed by atoms with van der Waals surface area (Å²) in [6.45, 7) is 5.96. The molecule has 9 heteroatoms. The van der Waals surface area contributed by atoms with Crippen LogP contribution < -0.4 is 11.0 Å². The van der Waals surface area contributed by atoms with Crippen LogP contribution in [0.5, 0.6) is 0 Å². The van der Waals surface area contributed by atoms with Crippen LogP contribution in [-0.2, 0) is 9.53 Å². The van der Waals surface area contributed by atoms with Crippen molar-refractivity contribution < 1.29 is 19.4 Å². The van der Waals surface area contributed by atoms with E-state index in [4.69, 9.17) is 4.74 Å². The fourth-order valence-corrected chi connectivity index (χ4v) is 4.00. The Morgan fingerprint density at radius 2 is 2.07 bits per heavy atom. The summed E-state index contributed by atoms with van der Waals surface area (Å²) in [7, 11) is 0. The van der Waals surface area contributed by atoms with Crippen LogP contribution in [0.15, 0.2) is 10.9 Å². The van der Waals surface area contributed by atoms with E-state index in [1.165, 1.54) is 6.92 Å². The van der Waals surface area contributed by atoms with E-state index in [1.807, 2.05) is 0 Å². The molecule has 27 heavy (non-hydrogen) atoms. The highest BCUT2D eigenvalue weighted by Gasteiger charge is 2.49. The zero-order valence-electron chi connectivity index (χ0n) is 15.9. The first kappa shape index (κ1) is 19.5. The third kappa shape index (κ3) is 4.19. The third-order valence-electron chi connectivity index (χ3n) is 5.42. The number of aromatic amines is 1. The van der Waals surface area contributed by atoms with Gasteiger partial charge in [0.1, 0.15) is 5.69 Å². The van der Waals surface area contributed by atoms with Gasteiger partial charge in [-0.2, -0.15) is 4.98 Å². The molecule has 3 rings (SSSR count). The minimum Gasteiger partial charge on any atom is -0.388 e. The van der Waals surface area contributed by atoms with E-state index >= 15 is 0 Å². The molecule has 1 aromatic heterocycles. The van der Waals surface area contributed by atoms with E-state index in [1.54, 1.807) is 24.8 Å². The Morgan fingerprint density at radius 1 is 1.41 bits per heavy atom. The number of H-pyrrole nitrogens is 1. The number of nitrogens with one attached hydrogen (secondary N) is 2. The van der Waals surface area contributed by atoms with Crippen LogP contribution in [0.25, 0.3) is 0 Å². The van der Waals surface area contributed by atoms with Crippen LogP contribution in [0.2, 0.25) is 0 Å². The predicted octanol–water partition coefficient (Wildman–Crippen LogP) is -0.271. The van der Waals surface area contributed by atoms with Crippen LogP contribution in [0.3, 0.4) is 0 Å². The van der Waals surface area contributed by atoms with Crippen molar-refractivity contribution in [2.75, 3.05) is 19.7 Å². The highest BCUT2D eigenvalue weighted by atomic mass is 16.5. The van der Waals surface area contributed by atoms with Gasteiger partial charge in [-0.05, 0) is 32.8 Å². The predicted molar refractivity (Wildman–Crippen MR) is 96.3 cm³/mol. The van der Waals surface area contributed by atoms with E-state index in [0.29, 0.717) is 38.0 Å². The summed E-state index contributed by atoms with van der Waals surface area (Å²) in [6.07, 6.45) is 1.53. The van der Waals surface area contributed by atoms with Crippen LogP contribution in [0, 0.1) is 6.92 Å². The molecule has 0 radical (unpaired) electrons. The lowest BCUT2D eigenvalue weighted by atomic mass is 9.75. The van der Waals surface area contributed by atoms with Crippen molar-refractivity contribution in [3.05, 3.63) is 27.9 Å². The Labute approximate surface area is 157 Å². The molecule has 2 amide bonds. The second-order valence-electron chi connectivity index (χ2n) is 7.83. The van der Waals surface area contributed by atoms with Gasteiger partial charge in [0.05, 0.1) is 23.9 Å². The molecule has 1 spiro atoms. The van der Waals surface area contributed by atoms with Gasteiger partial charge < -0.3 is 25.0 Å². The number of carbonyl (C=O) groups excluding carboxylic acids is 2. The van der Waals surface area contributed by atoms with Gasteiger partial charge in [0, 0.05) is 32.1 Å². The van der Waals surface area contributed by atoms with E-state index in [0.717, 1.165) is 0 Å². The average Bonchev–Trinajstić information content (AvgIpc) is 2.56. The van der Waals surface area contributed by atoms with Crippen LogP contribution in [0.4, 0.5) is 0 Å². The van der Waals surface area contributed by atoms with E-state index in [2.05, 4.69) is 15.3 Å². The molecular weight excluding hydrogens is 352 g/mol. The monoisotopic (exact) mass is 378 g/mol. The molecule has 9 nitrogen and oxygen atoms in total. The zero-order valence-corrected chi connectivity index (χ0v) is 15.9. The molecule has 3 N–H and O–H groups in total. The van der Waals surface area contributed by atoms with Gasteiger partial charge in [-0.25, -0.2) is 4.79 Å². The highest BCUT2D eigenvalue weighted by Crippen LogP contribution is 2.39. The first-order valence-electron chi connectivity index (χ1n) is 9.11. The fourth-order valence-electron chi connectivity index (χ4n) is 4.00. The molecule has 0 aromatic carbocycles. The zero-order chi connectivity index (χ0) is 19.8. The number of rotatable bonds is 2. The van der Waals surface area contributed by atoms with Gasteiger partial charge in [0.15, 0.2) is 0 Å². The molecule has 2 aliphatic rings. The van der Waals surface area contributed by atoms with E-state index < -0.39 is 22.9 Å². The van der Waals surface area contributed by atoms with Crippen LogP contribution in [0.1, 0.15) is 49.3 Å². The first-order valence-corrected chi connectivity index (χ1v) is 9.11. The second kappa shape index (κ2) is 7.05. The molecule has 1 aromatic rings. The standard InChI is InChI=1S/C18H26N4O5/c1-11-8-13(21-16(25)19-11)15(24)22-6-4-18(5-7-22)10-17(3,26)14(9-27-18)20-12(2)23/h8,14,26H,4-7,9-10H2,1-3H3,(H,20,23)(H,19,21,25)/t14-,17-/m0/s1. The minimum atomic E-state index is -1.08. The van der Waals surface area contributed by atoms with Gasteiger partial charge in [-0.1, -0.05) is 0 Å². The Hall–Kier alpha value is -2.26. The molecule has 2 saturated heterocycles. The molecule has 2 aliphatic heterocycles. The largest absolute Gasteiger partial charge is 0.388 e. The fraction of sp³-hybridized carbons (Fsp3) is 0.667. The average molecular weight is 378 g/mol. The van der Waals surface area contributed by atoms with Gasteiger partial charge in [0.2, 0.25) is 5.91 Å². The second-order valence-corrected chi connectivity index (χ2v) is 7.83. The van der Waals surface area contributed by atoms with Gasteiger partial charge in [-0.3, -0.25) is 9.59 Å². The Kier molecular flexibility index (Phi) is 5.09. The number of aryl methyl sites for hydroxylation is 1. The number of aliphatic hydroxyl groups is 1. The summed E-state index contributed by atoms with van der Waals surface area (Å²) in [6, 6.07) is 1.11. The van der Waals surface area contributed by atoms with Crippen molar-refractivity contribution in [1.29, 1.82) is 0 Å². The number of ether oxygens (including phenoxy) is 1. The van der Waals surface area contributed by atoms with Crippen LogP contribution >= 0.6 is 0 Å². The SMILES string of the molecule is CC(=O)N[C@H]1COC2(CCN(C(=O)c3cc(C)[nH]c(=O)n3)CC2)C[C@]1(C)O. The highest BCUT2D eigenvalue weighted by molar-refractivity contribution is 5.92. The summed E-state index contributed by atoms with van der Waals surface area (Å²) in [5.74, 6) is -0.487. The lowest BCUT2D eigenvalue weighted by Gasteiger charge is -2.51. The summed E-state index contributed by atoms with van der Waals surface area (Å²) < 4.78 is 6.04. The summed E-state index contributed by atoms with van der Waals surface area (Å²) in [5.41, 5.74) is -1.42. The number of piperidine rings is 1. The number of hydrogen-bond donors (Lipinski definition) is 3. The van der Waals surface area contributed by atoms with Gasteiger partial charge in [0.25, 0.3) is 5.91 Å². The van der Waals surface area contributed by atoms with Crippen LogP contribution in [-0.4, -0.2) is 68.7 Å². The minimum absolute atomic E-state index is 0.134. The molecule has 2 atom stereocenters. The summed E-state index contributed by atoms with van der Waals surface area (Å²) in [4.78, 5) is 43.4. The maximum absolute atomic E-state index is 12.6. The first-order chi connectivity index (χ1) is 12.6. The number of carbonyl (C=O) groups is 2. The molecular formula is C18H26N4O5. The lowest BCUT2D eigenvalue weighted by molar-refractivity contribution is -0.187. The lowest BCUT2D eigenvalue weighted by Crippen LogP contribution is -2.64. The quantitative estimate of drug-likeness (QED) is 0.651. The van der Waals surface area contributed by atoms with Crippen molar-refractivity contribution in [3.8, 4) is 0 Å². The van der Waals surface area contributed by atoms with Crippen molar-refractivity contribution in [1.82, 2.24) is 20.2 Å². The Balaban J connectivity index is 1.65. The Bertz CT molecular complexity index is 795. The maximum atomic E-state index is 12.6. The maximum Gasteiger partial charge on any atom is 0.345 e. The number of hydrogen-bond acceptors (Lipinski definition) is 6. The van der Waals surface area contributed by atoms with Gasteiger partial charge in [-0.15, -0.1) is 0 Å². The molecule has 3 heterocycles. The normalized spacial score (nSPS) is 27.4. The molecule has 2 fully saturated rings. The molecule has 0 unspecified atom stereocenters. The van der Waals surface area contributed by atoms with Crippen molar-refractivity contribution >= 4 is 11.8 Å². The molecule has 148 valence electrons. The van der Waals surface area contributed by atoms with Crippen molar-refractivity contribution in [3.63, 3.8) is 0 Å². The topological polar surface area (TPSA) is 125 Å². The summed E-state index contributed by atoms with van der Waals surface area (Å²) >= 11 is 0. The van der Waals surface area contributed by atoms with E-state index in [-0.39, 0.29) is 24.1 Å². The molecule has 0 aliphatic carbocycles.